The Morgan fingerprint density at radius 1 is 1.00 bits per heavy atom. The zero-order valence-corrected chi connectivity index (χ0v) is 12.8. The number of allylic oxidation sites excluding steroid dienone is 2. The summed E-state index contributed by atoms with van der Waals surface area (Å²) in [7, 11) is 0. The molecule has 6 N–H and O–H groups in total. The Morgan fingerprint density at radius 2 is 1.38 bits per heavy atom. The Hall–Kier alpha value is -1.40. The van der Waals surface area contributed by atoms with E-state index >= 15 is 0 Å². The quantitative estimate of drug-likeness (QED) is 0.473. The molecule has 2 rings (SSSR count). The molecular formula is C15H26N2O4+2. The van der Waals surface area contributed by atoms with E-state index in [1.165, 1.54) is 0 Å². The smallest absolute Gasteiger partial charge is 0.364 e. The molecule has 2 bridgehead atoms. The van der Waals surface area contributed by atoms with E-state index in [-0.39, 0.29) is 35.9 Å². The Morgan fingerprint density at radius 3 is 1.71 bits per heavy atom. The molecule has 2 aliphatic rings. The van der Waals surface area contributed by atoms with E-state index in [0.29, 0.717) is 25.0 Å². The molecule has 0 heterocycles. The largest absolute Gasteiger partial charge is 0.461 e. The summed E-state index contributed by atoms with van der Waals surface area (Å²) in [6.07, 6.45) is 5.45. The molecule has 21 heavy (non-hydrogen) atoms. The maximum atomic E-state index is 11.6. The summed E-state index contributed by atoms with van der Waals surface area (Å²) in [6, 6.07) is -0.718. The van der Waals surface area contributed by atoms with Crippen molar-refractivity contribution in [2.24, 2.45) is 23.7 Å². The fraction of sp³-hybridized carbons (Fsp3) is 0.733. The number of hydrogen-bond acceptors (Lipinski definition) is 4. The van der Waals surface area contributed by atoms with Gasteiger partial charge in [-0.3, -0.25) is 0 Å². The van der Waals surface area contributed by atoms with Gasteiger partial charge in [-0.1, -0.05) is 12.2 Å². The fourth-order valence-electron chi connectivity index (χ4n) is 3.16. The van der Waals surface area contributed by atoms with Gasteiger partial charge in [0.2, 0.25) is 0 Å². The van der Waals surface area contributed by atoms with Crippen LogP contribution in [0.5, 0.6) is 0 Å². The normalized spacial score (nSPS) is 32.8. The lowest BCUT2D eigenvalue weighted by atomic mass is 9.84. The lowest BCUT2D eigenvalue weighted by Gasteiger charge is -2.27. The highest BCUT2D eigenvalue weighted by molar-refractivity contribution is 5.73. The van der Waals surface area contributed by atoms with E-state index in [4.69, 9.17) is 9.47 Å². The van der Waals surface area contributed by atoms with Crippen LogP contribution in [0, 0.1) is 23.7 Å². The van der Waals surface area contributed by atoms with Gasteiger partial charge in [-0.25, -0.2) is 9.59 Å². The zero-order chi connectivity index (χ0) is 15.6. The van der Waals surface area contributed by atoms with Gasteiger partial charge in [0.1, 0.15) is 0 Å². The van der Waals surface area contributed by atoms with Crippen molar-refractivity contribution in [2.75, 3.05) is 13.2 Å². The molecule has 0 aliphatic heterocycles. The molecule has 2 unspecified atom stereocenters. The van der Waals surface area contributed by atoms with Crippen molar-refractivity contribution in [3.05, 3.63) is 12.2 Å². The molecule has 6 heteroatoms. The number of esters is 2. The van der Waals surface area contributed by atoms with E-state index in [2.05, 4.69) is 23.6 Å². The van der Waals surface area contributed by atoms with Gasteiger partial charge in [0, 0.05) is 11.8 Å². The summed E-state index contributed by atoms with van der Waals surface area (Å²) in [5.41, 5.74) is 7.33. The van der Waals surface area contributed by atoms with E-state index in [1.807, 2.05) is 0 Å². The first-order valence-electron chi connectivity index (χ1n) is 7.58. The van der Waals surface area contributed by atoms with E-state index in [1.54, 1.807) is 13.8 Å². The van der Waals surface area contributed by atoms with Crippen LogP contribution in [0.2, 0.25) is 0 Å². The molecule has 0 radical (unpaired) electrons. The van der Waals surface area contributed by atoms with Crippen LogP contribution in [-0.4, -0.2) is 37.2 Å². The summed E-state index contributed by atoms with van der Waals surface area (Å²) < 4.78 is 10.7. The van der Waals surface area contributed by atoms with Crippen molar-refractivity contribution in [1.82, 2.24) is 0 Å². The van der Waals surface area contributed by atoms with Gasteiger partial charge < -0.3 is 20.9 Å². The molecule has 1 saturated carbocycles. The second kappa shape index (κ2) is 6.58. The highest BCUT2D eigenvalue weighted by Crippen LogP contribution is 2.48. The topological polar surface area (TPSA) is 108 Å². The lowest BCUT2D eigenvalue weighted by molar-refractivity contribution is -0.403. The minimum absolute atomic E-state index is 0.232. The van der Waals surface area contributed by atoms with Crippen LogP contribution in [0.25, 0.3) is 0 Å². The molecular weight excluding hydrogens is 272 g/mol. The first-order chi connectivity index (χ1) is 9.90. The molecule has 0 amide bonds. The number of fused-ring (bicyclic) bond motifs is 2. The van der Waals surface area contributed by atoms with Gasteiger partial charge in [-0.2, -0.15) is 0 Å². The molecule has 6 nitrogen and oxygen atoms in total. The number of quaternary nitrogens is 2. The molecule has 2 aliphatic carbocycles. The zero-order valence-electron chi connectivity index (χ0n) is 12.8. The number of ether oxygens (including phenoxy) is 2. The van der Waals surface area contributed by atoms with Crippen molar-refractivity contribution in [3.63, 3.8) is 0 Å². The minimum atomic E-state index is -0.359. The average molecular weight is 298 g/mol. The summed E-state index contributed by atoms with van der Waals surface area (Å²) in [5, 5.41) is 0. The fourth-order valence-corrected chi connectivity index (χ4v) is 3.16. The monoisotopic (exact) mass is 298 g/mol. The van der Waals surface area contributed by atoms with Gasteiger partial charge in [-0.05, 0) is 32.1 Å². The van der Waals surface area contributed by atoms with E-state index in [0.717, 1.165) is 6.42 Å². The SMILES string of the molecule is C[C@H]([NH3+])C(=O)OC[C@H]1C2C=CC(C2)[C@@H]1COC(=O)[C@H](C)[NH3+]. The Kier molecular flexibility index (Phi) is 5.00. The molecule has 118 valence electrons. The van der Waals surface area contributed by atoms with E-state index < -0.39 is 0 Å². The maximum Gasteiger partial charge on any atom is 0.364 e. The highest BCUT2D eigenvalue weighted by atomic mass is 16.5. The van der Waals surface area contributed by atoms with Crippen LogP contribution >= 0.6 is 0 Å². The van der Waals surface area contributed by atoms with Crippen molar-refractivity contribution < 1.29 is 30.5 Å². The van der Waals surface area contributed by atoms with Crippen LogP contribution in [0.4, 0.5) is 0 Å². The van der Waals surface area contributed by atoms with Gasteiger partial charge >= 0.3 is 11.9 Å². The van der Waals surface area contributed by atoms with Crippen LogP contribution in [-0.2, 0) is 19.1 Å². The van der Waals surface area contributed by atoms with Crippen LogP contribution < -0.4 is 11.5 Å². The second-order valence-corrected chi connectivity index (χ2v) is 6.34. The third kappa shape index (κ3) is 3.63. The van der Waals surface area contributed by atoms with Crippen LogP contribution in [0.1, 0.15) is 20.3 Å². The minimum Gasteiger partial charge on any atom is -0.461 e. The molecule has 0 aromatic heterocycles. The Bertz CT molecular complexity index is 395. The van der Waals surface area contributed by atoms with Crippen molar-refractivity contribution in [3.8, 4) is 0 Å². The first kappa shape index (κ1) is 16.0. The second-order valence-electron chi connectivity index (χ2n) is 6.34. The molecule has 6 atom stereocenters. The van der Waals surface area contributed by atoms with Crippen molar-refractivity contribution >= 4 is 11.9 Å². The number of hydrogen-bond donors (Lipinski definition) is 2. The first-order valence-corrected chi connectivity index (χ1v) is 7.58. The van der Waals surface area contributed by atoms with Crippen LogP contribution in [0.15, 0.2) is 12.2 Å². The molecule has 0 spiro atoms. The van der Waals surface area contributed by atoms with Crippen molar-refractivity contribution in [2.45, 2.75) is 32.4 Å². The Balaban J connectivity index is 1.90. The van der Waals surface area contributed by atoms with Gasteiger partial charge in [0.25, 0.3) is 0 Å². The standard InChI is InChI=1S/C15H24N2O4/c1-8(16)14(18)20-6-12-10-3-4-11(5-10)13(12)7-21-15(19)9(2)17/h3-4,8-13H,5-7,16-17H2,1-2H3/p+2/t8-,9-,10?,11?,12-,13-/m0/s1. The Labute approximate surface area is 124 Å². The van der Waals surface area contributed by atoms with Gasteiger partial charge in [0.05, 0.1) is 13.2 Å². The third-order valence-corrected chi connectivity index (χ3v) is 4.44. The number of carbonyl (C=O) groups is 2. The average Bonchev–Trinajstić information content (AvgIpc) is 3.02. The van der Waals surface area contributed by atoms with Crippen LogP contribution in [0.3, 0.4) is 0 Å². The van der Waals surface area contributed by atoms with Gasteiger partial charge in [0.15, 0.2) is 12.1 Å². The lowest BCUT2D eigenvalue weighted by Crippen LogP contribution is -2.63. The summed E-state index contributed by atoms with van der Waals surface area (Å²) >= 11 is 0. The van der Waals surface area contributed by atoms with Gasteiger partial charge in [-0.15, -0.1) is 0 Å². The molecule has 0 aromatic carbocycles. The molecule has 0 aromatic rings. The summed E-state index contributed by atoms with van der Waals surface area (Å²) in [4.78, 5) is 23.1. The third-order valence-electron chi connectivity index (χ3n) is 4.44. The number of carbonyl (C=O) groups excluding carboxylic acids is 2. The van der Waals surface area contributed by atoms with Crippen molar-refractivity contribution in [1.29, 1.82) is 0 Å². The summed E-state index contributed by atoms with van der Waals surface area (Å²) in [6.45, 7) is 4.20. The predicted molar refractivity (Wildman–Crippen MR) is 74.3 cm³/mol. The molecule has 1 fully saturated rings. The van der Waals surface area contributed by atoms with E-state index in [9.17, 15) is 9.59 Å². The highest BCUT2D eigenvalue weighted by Gasteiger charge is 2.45. The predicted octanol–water partition coefficient (Wildman–Crippen LogP) is -1.23. The number of rotatable bonds is 6. The summed E-state index contributed by atoms with van der Waals surface area (Å²) in [5.74, 6) is 0.756. The molecule has 0 saturated heterocycles. The maximum absolute atomic E-state index is 11.6.